The van der Waals surface area contributed by atoms with Crippen LogP contribution in [0.25, 0.3) is 0 Å². The van der Waals surface area contributed by atoms with Crippen LogP contribution in [0.3, 0.4) is 0 Å². The second kappa shape index (κ2) is 10.3. The summed E-state index contributed by atoms with van der Waals surface area (Å²) < 4.78 is 17.2. The summed E-state index contributed by atoms with van der Waals surface area (Å²) in [4.78, 5) is 40.0. The zero-order valence-electron chi connectivity index (χ0n) is 20.6. The summed E-state index contributed by atoms with van der Waals surface area (Å²) >= 11 is 0. The largest absolute Gasteiger partial charge is 0.490 e. The summed E-state index contributed by atoms with van der Waals surface area (Å²) in [5.74, 6) is 0.342. The van der Waals surface area contributed by atoms with Crippen molar-refractivity contribution in [1.82, 2.24) is 15.4 Å². The van der Waals surface area contributed by atoms with E-state index in [9.17, 15) is 14.4 Å². The molecule has 0 unspecified atom stereocenters. The number of rotatable bonds is 5. The monoisotopic (exact) mass is 496 g/mol. The first-order chi connectivity index (χ1) is 17.4. The lowest BCUT2D eigenvalue weighted by Gasteiger charge is -2.42. The van der Waals surface area contributed by atoms with Gasteiger partial charge in [-0.2, -0.15) is 0 Å². The molecule has 36 heavy (non-hydrogen) atoms. The predicted molar refractivity (Wildman–Crippen MR) is 130 cm³/mol. The highest BCUT2D eigenvalue weighted by molar-refractivity contribution is 6.04. The van der Waals surface area contributed by atoms with Crippen LogP contribution in [0, 0.1) is 6.92 Å². The molecular weight excluding hydrogens is 464 g/mol. The van der Waals surface area contributed by atoms with Gasteiger partial charge in [-0.3, -0.25) is 14.4 Å². The minimum absolute atomic E-state index is 0.0299. The Morgan fingerprint density at radius 2 is 1.94 bits per heavy atom. The fraction of sp³-hybridized carbons (Fsp3) is 0.538. The van der Waals surface area contributed by atoms with E-state index in [-0.39, 0.29) is 48.4 Å². The lowest BCUT2D eigenvalue weighted by molar-refractivity contribution is -0.134. The summed E-state index contributed by atoms with van der Waals surface area (Å²) in [6, 6.07) is 6.61. The number of aryl methyl sites for hydroxylation is 1. The van der Waals surface area contributed by atoms with E-state index < -0.39 is 5.91 Å². The maximum atomic E-state index is 13.4. The predicted octanol–water partition coefficient (Wildman–Crippen LogP) is 3.06. The number of nitrogens with one attached hydrogen (secondary N) is 2. The molecule has 0 spiro atoms. The Bertz CT molecular complexity index is 1140. The topological polar surface area (TPSA) is 123 Å². The third-order valence-electron chi connectivity index (χ3n) is 7.26. The maximum absolute atomic E-state index is 13.4. The molecule has 1 saturated carbocycles. The lowest BCUT2D eigenvalue weighted by atomic mass is 9.94. The van der Waals surface area contributed by atoms with Gasteiger partial charge in [0, 0.05) is 24.8 Å². The Kier molecular flexibility index (Phi) is 6.95. The van der Waals surface area contributed by atoms with Crippen LogP contribution in [0.1, 0.15) is 71.6 Å². The lowest BCUT2D eigenvalue weighted by Crippen LogP contribution is -2.54. The van der Waals surface area contributed by atoms with Crippen molar-refractivity contribution in [1.29, 1.82) is 0 Å². The molecule has 3 atom stereocenters. The highest BCUT2D eigenvalue weighted by Gasteiger charge is 2.39. The molecule has 2 fully saturated rings. The van der Waals surface area contributed by atoms with Crippen LogP contribution in [-0.2, 0) is 9.53 Å². The average Bonchev–Trinajstić information content (AvgIpc) is 3.53. The van der Waals surface area contributed by atoms with Crippen molar-refractivity contribution in [3.05, 3.63) is 41.3 Å². The van der Waals surface area contributed by atoms with E-state index in [0.717, 1.165) is 19.3 Å². The van der Waals surface area contributed by atoms with E-state index in [4.69, 9.17) is 14.0 Å². The molecule has 3 heterocycles. The Morgan fingerprint density at radius 1 is 1.14 bits per heavy atom. The molecule has 1 aliphatic carbocycles. The van der Waals surface area contributed by atoms with Gasteiger partial charge in [-0.1, -0.05) is 18.0 Å². The van der Waals surface area contributed by atoms with Gasteiger partial charge in [0.2, 0.25) is 5.91 Å². The normalized spacial score (nSPS) is 24.2. The highest BCUT2D eigenvalue weighted by atomic mass is 16.5. The molecule has 2 N–H and O–H groups in total. The van der Waals surface area contributed by atoms with Crippen LogP contribution >= 0.6 is 0 Å². The van der Waals surface area contributed by atoms with E-state index in [1.54, 1.807) is 43.1 Å². The first kappa shape index (κ1) is 24.3. The van der Waals surface area contributed by atoms with Crippen LogP contribution in [0.2, 0.25) is 0 Å². The molecule has 1 aromatic carbocycles. The van der Waals surface area contributed by atoms with E-state index in [0.29, 0.717) is 35.6 Å². The van der Waals surface area contributed by atoms with Gasteiger partial charge in [-0.25, -0.2) is 0 Å². The molecule has 0 bridgehead atoms. The number of ether oxygens (including phenoxy) is 2. The van der Waals surface area contributed by atoms with E-state index >= 15 is 0 Å². The Balaban J connectivity index is 1.25. The number of carbonyl (C=O) groups is 3. The molecule has 2 aliphatic heterocycles. The van der Waals surface area contributed by atoms with Gasteiger partial charge in [0.25, 0.3) is 11.8 Å². The molecule has 3 amide bonds. The third kappa shape index (κ3) is 5.23. The molecule has 192 valence electrons. The fourth-order valence-electron chi connectivity index (χ4n) is 5.34. The van der Waals surface area contributed by atoms with Crippen LogP contribution < -0.4 is 15.4 Å². The number of hydrogen-bond acceptors (Lipinski definition) is 7. The molecular formula is C26H32N4O6. The Labute approximate surface area is 209 Å². The van der Waals surface area contributed by atoms with Gasteiger partial charge >= 0.3 is 0 Å². The van der Waals surface area contributed by atoms with E-state index in [1.165, 1.54) is 12.8 Å². The van der Waals surface area contributed by atoms with Crippen LogP contribution in [0.4, 0.5) is 5.69 Å². The number of hydrogen-bond donors (Lipinski definition) is 2. The van der Waals surface area contributed by atoms with Crippen LogP contribution in [0.15, 0.2) is 28.8 Å². The molecule has 10 nitrogen and oxygen atoms in total. The van der Waals surface area contributed by atoms with Crippen molar-refractivity contribution in [2.45, 2.75) is 76.2 Å². The number of carbonyl (C=O) groups excluding carboxylic acids is 3. The van der Waals surface area contributed by atoms with Crippen molar-refractivity contribution < 1.29 is 28.4 Å². The molecule has 5 rings (SSSR count). The quantitative estimate of drug-likeness (QED) is 0.652. The van der Waals surface area contributed by atoms with Crippen molar-refractivity contribution in [2.75, 3.05) is 19.0 Å². The average molecular weight is 497 g/mol. The van der Waals surface area contributed by atoms with Crippen molar-refractivity contribution in [2.24, 2.45) is 0 Å². The van der Waals surface area contributed by atoms with E-state index in [2.05, 4.69) is 15.8 Å². The first-order valence-corrected chi connectivity index (χ1v) is 12.6. The van der Waals surface area contributed by atoms with Crippen molar-refractivity contribution in [3.63, 3.8) is 0 Å². The summed E-state index contributed by atoms with van der Waals surface area (Å²) in [6.07, 6.45) is 5.64. The minimum Gasteiger partial charge on any atom is -0.490 e. The summed E-state index contributed by atoms with van der Waals surface area (Å²) in [5.41, 5.74) is 0.978. The zero-order chi connectivity index (χ0) is 25.2. The number of nitrogens with zero attached hydrogens (tertiary/aromatic N) is 2. The molecule has 1 aromatic heterocycles. The van der Waals surface area contributed by atoms with Crippen LogP contribution in [0.5, 0.6) is 5.75 Å². The van der Waals surface area contributed by atoms with Crippen molar-refractivity contribution >= 4 is 23.4 Å². The SMILES string of the molecule is Cc1cc(C(=O)Nc2ccc3c(c2)C(=O)N(C)[C@@H]2CC[C@@H](CC(=O)NC4CCCC4)O[C@@H]2CO3)no1. The van der Waals surface area contributed by atoms with Gasteiger partial charge in [0.1, 0.15) is 24.2 Å². The number of amides is 3. The number of anilines is 1. The number of aromatic nitrogens is 1. The highest BCUT2D eigenvalue weighted by Crippen LogP contribution is 2.32. The molecule has 3 aliphatic rings. The smallest absolute Gasteiger partial charge is 0.277 e. The number of benzene rings is 1. The zero-order valence-corrected chi connectivity index (χ0v) is 20.6. The van der Waals surface area contributed by atoms with E-state index in [1.807, 2.05) is 0 Å². The van der Waals surface area contributed by atoms with Gasteiger partial charge < -0.3 is 29.5 Å². The number of fused-ring (bicyclic) bond motifs is 2. The van der Waals surface area contributed by atoms with Gasteiger partial charge in [0.15, 0.2) is 5.69 Å². The Morgan fingerprint density at radius 3 is 2.69 bits per heavy atom. The standard InChI is InChI=1S/C26H32N4O6/c1-15-11-20(29-36-15)25(32)28-17-7-10-22-19(12-17)26(33)30(2)21-9-8-18(35-23(21)14-34-22)13-24(31)27-16-5-3-4-6-16/h7,10-12,16,18,21,23H,3-6,8-9,13-14H2,1-2H3,(H,27,31)(H,28,32)/t18-,21+,23+/m0/s1. The summed E-state index contributed by atoms with van der Waals surface area (Å²) in [5, 5.41) is 9.60. The molecule has 1 saturated heterocycles. The van der Waals surface area contributed by atoms with Gasteiger partial charge in [0.05, 0.1) is 24.1 Å². The molecule has 0 radical (unpaired) electrons. The summed E-state index contributed by atoms with van der Waals surface area (Å²) in [7, 11) is 1.76. The third-order valence-corrected chi connectivity index (χ3v) is 7.26. The molecule has 10 heteroatoms. The minimum atomic E-state index is -0.428. The first-order valence-electron chi connectivity index (χ1n) is 12.6. The summed E-state index contributed by atoms with van der Waals surface area (Å²) in [6.45, 7) is 1.97. The van der Waals surface area contributed by atoms with Crippen LogP contribution in [-0.4, -0.2) is 65.7 Å². The Hall–Kier alpha value is -3.40. The maximum Gasteiger partial charge on any atom is 0.277 e. The number of likely N-dealkylation sites (N-methyl/N-ethyl adjacent to an activating group) is 1. The van der Waals surface area contributed by atoms with Gasteiger partial charge in [-0.15, -0.1) is 0 Å². The fourth-order valence-corrected chi connectivity index (χ4v) is 5.34. The second-order valence-corrected chi connectivity index (χ2v) is 9.91. The molecule has 2 aromatic rings. The van der Waals surface area contributed by atoms with Gasteiger partial charge in [-0.05, 0) is 50.8 Å². The van der Waals surface area contributed by atoms with Crippen molar-refractivity contribution in [3.8, 4) is 5.75 Å². The second-order valence-electron chi connectivity index (χ2n) is 9.91.